The zero-order chi connectivity index (χ0) is 8.10. The maximum absolute atomic E-state index is 5.34. The van der Waals surface area contributed by atoms with Gasteiger partial charge in [-0.1, -0.05) is 19.3 Å². The summed E-state index contributed by atoms with van der Waals surface area (Å²) in [5.74, 6) is 8.85. The Bertz CT molecular complexity index is 144. The van der Waals surface area contributed by atoms with E-state index in [1.165, 1.54) is 19.3 Å². The van der Waals surface area contributed by atoms with Crippen LogP contribution in [0.4, 0.5) is 0 Å². The van der Waals surface area contributed by atoms with Crippen molar-refractivity contribution in [1.82, 2.24) is 5.43 Å². The summed E-state index contributed by atoms with van der Waals surface area (Å²) < 4.78 is 0. The van der Waals surface area contributed by atoms with Gasteiger partial charge in [0.2, 0.25) is 0 Å². The third-order valence-electron chi connectivity index (χ3n) is 2.44. The first-order chi connectivity index (χ1) is 5.36. The minimum atomic E-state index is 0.338. The molecule has 1 unspecified atom stereocenters. The molecule has 3 N–H and O–H groups in total. The number of rotatable bonds is 4. The van der Waals surface area contributed by atoms with E-state index in [1.807, 2.05) is 0 Å². The lowest BCUT2D eigenvalue weighted by molar-refractivity contribution is 0.262. The van der Waals surface area contributed by atoms with Crippen LogP contribution in [0.2, 0.25) is 0 Å². The molecular weight excluding hydrogens is 136 g/mol. The fourth-order valence-electron chi connectivity index (χ4n) is 1.48. The Labute approximate surface area is 68.5 Å². The monoisotopic (exact) mass is 152 g/mol. The van der Waals surface area contributed by atoms with Crippen LogP contribution >= 0.6 is 0 Å². The molecule has 0 heterocycles. The molecule has 11 heavy (non-hydrogen) atoms. The first-order valence-electron chi connectivity index (χ1n) is 4.26. The Kier molecular flexibility index (Phi) is 3.41. The minimum Gasteiger partial charge on any atom is -0.271 e. The number of hydrogen-bond donors (Lipinski definition) is 2. The van der Waals surface area contributed by atoms with E-state index in [9.17, 15) is 0 Å². The molecule has 0 amide bonds. The minimum absolute atomic E-state index is 0.338. The van der Waals surface area contributed by atoms with Gasteiger partial charge in [-0.2, -0.15) is 0 Å². The van der Waals surface area contributed by atoms with Gasteiger partial charge >= 0.3 is 0 Å². The molecule has 2 heteroatoms. The average Bonchev–Trinajstić information content (AvgIpc) is 1.94. The average molecular weight is 152 g/mol. The van der Waals surface area contributed by atoms with Crippen molar-refractivity contribution in [3.05, 3.63) is 0 Å². The summed E-state index contributed by atoms with van der Waals surface area (Å²) in [4.78, 5) is 0. The Morgan fingerprint density at radius 2 is 2.36 bits per heavy atom. The molecule has 1 atom stereocenters. The summed E-state index contributed by atoms with van der Waals surface area (Å²) in [5.41, 5.74) is 2.76. The largest absolute Gasteiger partial charge is 0.271 e. The van der Waals surface area contributed by atoms with Gasteiger partial charge in [-0.15, -0.1) is 12.3 Å². The molecule has 0 spiro atoms. The van der Waals surface area contributed by atoms with Crippen LogP contribution in [0.15, 0.2) is 0 Å². The van der Waals surface area contributed by atoms with E-state index in [2.05, 4.69) is 11.3 Å². The van der Waals surface area contributed by atoms with Crippen LogP contribution in [-0.4, -0.2) is 6.04 Å². The van der Waals surface area contributed by atoms with Crippen LogP contribution in [0.1, 0.15) is 32.1 Å². The first kappa shape index (κ1) is 8.58. The van der Waals surface area contributed by atoms with E-state index in [4.69, 9.17) is 12.3 Å². The normalized spacial score (nSPS) is 20.4. The quantitative estimate of drug-likeness (QED) is 0.359. The van der Waals surface area contributed by atoms with Crippen molar-refractivity contribution >= 4 is 0 Å². The number of hydrazine groups is 1. The fourth-order valence-corrected chi connectivity index (χ4v) is 1.48. The second-order valence-electron chi connectivity index (χ2n) is 3.30. The van der Waals surface area contributed by atoms with Gasteiger partial charge < -0.3 is 0 Å². The smallest absolute Gasteiger partial charge is 0.0322 e. The van der Waals surface area contributed by atoms with E-state index >= 15 is 0 Å². The summed E-state index contributed by atoms with van der Waals surface area (Å²) >= 11 is 0. The van der Waals surface area contributed by atoms with Crippen LogP contribution < -0.4 is 11.3 Å². The molecule has 1 saturated carbocycles. The zero-order valence-electron chi connectivity index (χ0n) is 6.84. The second-order valence-corrected chi connectivity index (χ2v) is 3.30. The predicted molar refractivity (Wildman–Crippen MR) is 46.5 cm³/mol. The topological polar surface area (TPSA) is 38.0 Å². The first-order valence-corrected chi connectivity index (χ1v) is 4.26. The lowest BCUT2D eigenvalue weighted by Gasteiger charge is -2.28. The summed E-state index contributed by atoms with van der Waals surface area (Å²) in [7, 11) is 0. The molecule has 0 aromatic heterocycles. The highest BCUT2D eigenvalue weighted by Gasteiger charge is 2.20. The standard InChI is InChI=1S/C9H16N2/c1-2-4-9(11-10)7-8-5-3-6-8/h1,8-9,11H,3-7,10H2. The van der Waals surface area contributed by atoms with Crippen molar-refractivity contribution in [1.29, 1.82) is 0 Å². The molecule has 1 rings (SSSR count). The molecule has 0 radical (unpaired) electrons. The lowest BCUT2D eigenvalue weighted by atomic mass is 9.80. The van der Waals surface area contributed by atoms with Gasteiger partial charge in [0.25, 0.3) is 0 Å². The molecule has 0 aliphatic heterocycles. The van der Waals surface area contributed by atoms with E-state index in [-0.39, 0.29) is 0 Å². The van der Waals surface area contributed by atoms with Crippen LogP contribution in [0.25, 0.3) is 0 Å². The SMILES string of the molecule is C#CCC(CC1CCC1)NN. The maximum atomic E-state index is 5.34. The van der Waals surface area contributed by atoms with E-state index in [1.54, 1.807) is 0 Å². The molecule has 2 nitrogen and oxygen atoms in total. The lowest BCUT2D eigenvalue weighted by Crippen LogP contribution is -2.37. The summed E-state index contributed by atoms with van der Waals surface area (Å²) in [6, 6.07) is 0.338. The third-order valence-corrected chi connectivity index (χ3v) is 2.44. The molecule has 0 aromatic rings. The molecule has 0 aromatic carbocycles. The Morgan fingerprint density at radius 3 is 2.73 bits per heavy atom. The Hall–Kier alpha value is -0.520. The van der Waals surface area contributed by atoms with Gasteiger partial charge in [-0.25, -0.2) is 0 Å². The molecule has 62 valence electrons. The molecular formula is C9H16N2. The zero-order valence-corrected chi connectivity index (χ0v) is 6.84. The second kappa shape index (κ2) is 4.38. The fraction of sp³-hybridized carbons (Fsp3) is 0.778. The van der Waals surface area contributed by atoms with Crippen LogP contribution in [-0.2, 0) is 0 Å². The summed E-state index contributed by atoms with van der Waals surface area (Å²) in [6.07, 6.45) is 11.2. The highest BCUT2D eigenvalue weighted by atomic mass is 15.2. The van der Waals surface area contributed by atoms with Gasteiger partial charge in [0.1, 0.15) is 0 Å². The van der Waals surface area contributed by atoms with E-state index in [0.717, 1.165) is 18.8 Å². The van der Waals surface area contributed by atoms with Crippen molar-refractivity contribution in [3.63, 3.8) is 0 Å². The molecule has 0 saturated heterocycles. The van der Waals surface area contributed by atoms with E-state index < -0.39 is 0 Å². The van der Waals surface area contributed by atoms with Crippen molar-refractivity contribution in [2.75, 3.05) is 0 Å². The molecule has 0 bridgehead atoms. The van der Waals surface area contributed by atoms with E-state index in [0.29, 0.717) is 6.04 Å². The van der Waals surface area contributed by atoms with Gasteiger partial charge in [0.05, 0.1) is 0 Å². The molecule has 1 aliphatic rings. The number of hydrogen-bond acceptors (Lipinski definition) is 2. The van der Waals surface area contributed by atoms with Crippen LogP contribution in [0.3, 0.4) is 0 Å². The third kappa shape index (κ3) is 2.53. The number of nitrogens with two attached hydrogens (primary N) is 1. The van der Waals surface area contributed by atoms with Gasteiger partial charge in [0, 0.05) is 12.5 Å². The number of nitrogens with one attached hydrogen (secondary N) is 1. The summed E-state index contributed by atoms with van der Waals surface area (Å²) in [6.45, 7) is 0. The highest BCUT2D eigenvalue weighted by Crippen LogP contribution is 2.30. The van der Waals surface area contributed by atoms with Crippen molar-refractivity contribution in [2.24, 2.45) is 11.8 Å². The van der Waals surface area contributed by atoms with Gasteiger partial charge in [-0.3, -0.25) is 11.3 Å². The molecule has 1 fully saturated rings. The van der Waals surface area contributed by atoms with Gasteiger partial charge in [-0.05, 0) is 12.3 Å². The molecule has 1 aliphatic carbocycles. The van der Waals surface area contributed by atoms with Gasteiger partial charge in [0.15, 0.2) is 0 Å². The Morgan fingerprint density at radius 1 is 1.64 bits per heavy atom. The van der Waals surface area contributed by atoms with Crippen molar-refractivity contribution in [3.8, 4) is 12.3 Å². The van der Waals surface area contributed by atoms with Crippen molar-refractivity contribution < 1.29 is 0 Å². The maximum Gasteiger partial charge on any atom is 0.0322 e. The highest BCUT2D eigenvalue weighted by molar-refractivity contribution is 4.90. The number of terminal acetylenes is 1. The van der Waals surface area contributed by atoms with Crippen LogP contribution in [0.5, 0.6) is 0 Å². The van der Waals surface area contributed by atoms with Crippen molar-refractivity contribution in [2.45, 2.75) is 38.1 Å². The summed E-state index contributed by atoms with van der Waals surface area (Å²) in [5, 5.41) is 0. The Balaban J connectivity index is 2.14. The predicted octanol–water partition coefficient (Wildman–Crippen LogP) is 1.03. The van der Waals surface area contributed by atoms with Crippen LogP contribution in [0, 0.1) is 18.3 Å².